The quantitative estimate of drug-likeness (QED) is 0.890. The van der Waals surface area contributed by atoms with E-state index in [1.807, 2.05) is 6.26 Å². The lowest BCUT2D eigenvalue weighted by atomic mass is 10.1. The Morgan fingerprint density at radius 1 is 1.59 bits per heavy atom. The van der Waals surface area contributed by atoms with E-state index < -0.39 is 6.10 Å². The first-order valence-electron chi connectivity index (χ1n) is 5.36. The molecule has 5 heteroatoms. The van der Waals surface area contributed by atoms with Gasteiger partial charge in [-0.25, -0.2) is 4.39 Å². The summed E-state index contributed by atoms with van der Waals surface area (Å²) in [5.41, 5.74) is 1.03. The highest BCUT2D eigenvalue weighted by atomic mass is 32.2. The molecule has 0 saturated carbocycles. The molecule has 1 aromatic carbocycles. The number of aliphatic hydroxyl groups is 1. The summed E-state index contributed by atoms with van der Waals surface area (Å²) in [4.78, 5) is 13.5. The van der Waals surface area contributed by atoms with E-state index in [1.165, 1.54) is 23.9 Å². The van der Waals surface area contributed by atoms with Crippen molar-refractivity contribution in [3.8, 4) is 0 Å². The van der Waals surface area contributed by atoms with Crippen LogP contribution < -0.4 is 0 Å². The molecule has 1 saturated heterocycles. The van der Waals surface area contributed by atoms with E-state index in [2.05, 4.69) is 0 Å². The molecule has 1 aliphatic rings. The molecule has 0 aromatic heterocycles. The van der Waals surface area contributed by atoms with Crippen molar-refractivity contribution in [1.82, 2.24) is 4.90 Å². The molecule has 17 heavy (non-hydrogen) atoms. The van der Waals surface area contributed by atoms with E-state index in [0.717, 1.165) is 0 Å². The minimum atomic E-state index is -0.412. The standard InChI is InChI=1S/C12H14FNO2S/c1-17-7-9-4-8(2-3-11(9)13)12(16)14-5-10(15)6-14/h2-4,10,15H,5-7H2,1H3. The average Bonchev–Trinajstić information content (AvgIpc) is 2.27. The number of likely N-dealkylation sites (tertiary alicyclic amines) is 1. The second kappa shape index (κ2) is 5.06. The van der Waals surface area contributed by atoms with Gasteiger partial charge in [0.1, 0.15) is 5.82 Å². The fraction of sp³-hybridized carbons (Fsp3) is 0.417. The normalized spacial score (nSPS) is 15.8. The molecule has 1 aliphatic heterocycles. The largest absolute Gasteiger partial charge is 0.389 e. The number of benzene rings is 1. The summed E-state index contributed by atoms with van der Waals surface area (Å²) in [7, 11) is 0. The third-order valence-electron chi connectivity index (χ3n) is 2.74. The number of carbonyl (C=O) groups excluding carboxylic acids is 1. The van der Waals surface area contributed by atoms with Gasteiger partial charge in [-0.3, -0.25) is 4.79 Å². The summed E-state index contributed by atoms with van der Waals surface area (Å²) >= 11 is 1.51. The lowest BCUT2D eigenvalue weighted by Crippen LogP contribution is -2.53. The number of thioether (sulfide) groups is 1. The van der Waals surface area contributed by atoms with E-state index in [1.54, 1.807) is 11.0 Å². The Hall–Kier alpha value is -1.07. The van der Waals surface area contributed by atoms with Gasteiger partial charge in [-0.05, 0) is 30.0 Å². The third kappa shape index (κ3) is 2.61. The van der Waals surface area contributed by atoms with E-state index in [4.69, 9.17) is 5.11 Å². The number of nitrogens with zero attached hydrogens (tertiary/aromatic N) is 1. The van der Waals surface area contributed by atoms with E-state index in [-0.39, 0.29) is 11.7 Å². The molecule has 1 amide bonds. The second-order valence-electron chi connectivity index (χ2n) is 4.10. The first-order chi connectivity index (χ1) is 8.11. The van der Waals surface area contributed by atoms with Crippen LogP contribution in [0.5, 0.6) is 0 Å². The Morgan fingerprint density at radius 3 is 2.88 bits per heavy atom. The number of aliphatic hydroxyl groups excluding tert-OH is 1. The zero-order valence-corrected chi connectivity index (χ0v) is 10.3. The second-order valence-corrected chi connectivity index (χ2v) is 4.97. The lowest BCUT2D eigenvalue weighted by Gasteiger charge is -2.35. The molecule has 0 unspecified atom stereocenters. The summed E-state index contributed by atoms with van der Waals surface area (Å²) in [6.07, 6.45) is 1.48. The molecule has 0 atom stereocenters. The van der Waals surface area contributed by atoms with Gasteiger partial charge in [0, 0.05) is 24.4 Å². The third-order valence-corrected chi connectivity index (χ3v) is 3.34. The van der Waals surface area contributed by atoms with Gasteiger partial charge in [0.05, 0.1) is 6.10 Å². The summed E-state index contributed by atoms with van der Waals surface area (Å²) in [6.45, 7) is 0.738. The van der Waals surface area contributed by atoms with Gasteiger partial charge >= 0.3 is 0 Å². The predicted molar refractivity (Wildman–Crippen MR) is 65.5 cm³/mol. The van der Waals surface area contributed by atoms with Crippen LogP contribution in [-0.4, -0.2) is 41.4 Å². The van der Waals surface area contributed by atoms with Gasteiger partial charge in [-0.2, -0.15) is 11.8 Å². The zero-order valence-electron chi connectivity index (χ0n) is 9.52. The Bertz CT molecular complexity index is 433. The highest BCUT2D eigenvalue weighted by molar-refractivity contribution is 7.97. The van der Waals surface area contributed by atoms with Crippen molar-refractivity contribution in [3.63, 3.8) is 0 Å². The van der Waals surface area contributed by atoms with Crippen molar-refractivity contribution in [2.45, 2.75) is 11.9 Å². The maximum absolute atomic E-state index is 13.4. The van der Waals surface area contributed by atoms with Crippen LogP contribution in [0.4, 0.5) is 4.39 Å². The molecule has 92 valence electrons. The van der Waals surface area contributed by atoms with E-state index in [0.29, 0.717) is 30.0 Å². The topological polar surface area (TPSA) is 40.5 Å². The molecular weight excluding hydrogens is 241 g/mol. The predicted octanol–water partition coefficient (Wildman–Crippen LogP) is 1.51. The van der Waals surface area contributed by atoms with Gasteiger partial charge in [-0.15, -0.1) is 0 Å². The Morgan fingerprint density at radius 2 is 2.29 bits per heavy atom. The first kappa shape index (κ1) is 12.4. The summed E-state index contributed by atoms with van der Waals surface area (Å²) < 4.78 is 13.4. The number of hydrogen-bond donors (Lipinski definition) is 1. The lowest BCUT2D eigenvalue weighted by molar-refractivity contribution is 0.00588. The van der Waals surface area contributed by atoms with Crippen LogP contribution in [0.1, 0.15) is 15.9 Å². The molecule has 1 aromatic rings. The van der Waals surface area contributed by atoms with Crippen molar-refractivity contribution >= 4 is 17.7 Å². The van der Waals surface area contributed by atoms with Gasteiger partial charge in [0.15, 0.2) is 0 Å². The number of amides is 1. The average molecular weight is 255 g/mol. The molecule has 0 spiro atoms. The van der Waals surface area contributed by atoms with Gasteiger partial charge < -0.3 is 10.0 Å². The summed E-state index contributed by atoms with van der Waals surface area (Å²) in [5.74, 6) is 0.132. The Kier molecular flexibility index (Phi) is 3.69. The van der Waals surface area contributed by atoms with Crippen molar-refractivity contribution in [2.24, 2.45) is 0 Å². The van der Waals surface area contributed by atoms with Crippen molar-refractivity contribution in [3.05, 3.63) is 35.1 Å². The van der Waals surface area contributed by atoms with E-state index in [9.17, 15) is 9.18 Å². The highest BCUT2D eigenvalue weighted by Crippen LogP contribution is 2.19. The van der Waals surface area contributed by atoms with Crippen LogP contribution in [0.15, 0.2) is 18.2 Å². The molecule has 1 N–H and O–H groups in total. The van der Waals surface area contributed by atoms with Crippen molar-refractivity contribution < 1.29 is 14.3 Å². The fourth-order valence-corrected chi connectivity index (χ4v) is 2.31. The number of β-amino-alcohol motifs (C(OH)–C–C–N with tert-alkyl or cyclic N) is 1. The van der Waals surface area contributed by atoms with Crippen LogP contribution in [0, 0.1) is 5.82 Å². The molecule has 0 aliphatic carbocycles. The molecule has 1 fully saturated rings. The number of halogens is 1. The smallest absolute Gasteiger partial charge is 0.254 e. The molecule has 0 radical (unpaired) electrons. The molecule has 1 heterocycles. The zero-order chi connectivity index (χ0) is 12.4. The molecule has 3 nitrogen and oxygen atoms in total. The van der Waals surface area contributed by atoms with Crippen LogP contribution in [0.25, 0.3) is 0 Å². The van der Waals surface area contributed by atoms with Crippen molar-refractivity contribution in [2.75, 3.05) is 19.3 Å². The van der Waals surface area contributed by atoms with Gasteiger partial charge in [-0.1, -0.05) is 0 Å². The summed E-state index contributed by atoms with van der Waals surface area (Å²) in [6, 6.07) is 4.42. The monoisotopic (exact) mass is 255 g/mol. The molecule has 0 bridgehead atoms. The Labute approximate surface area is 104 Å². The van der Waals surface area contributed by atoms with Crippen LogP contribution in [0.3, 0.4) is 0 Å². The maximum Gasteiger partial charge on any atom is 0.254 e. The van der Waals surface area contributed by atoms with E-state index >= 15 is 0 Å². The number of carbonyl (C=O) groups is 1. The molecule has 2 rings (SSSR count). The first-order valence-corrected chi connectivity index (χ1v) is 6.76. The van der Waals surface area contributed by atoms with Crippen LogP contribution in [0.2, 0.25) is 0 Å². The summed E-state index contributed by atoms with van der Waals surface area (Å²) in [5, 5.41) is 9.14. The SMILES string of the molecule is CSCc1cc(C(=O)N2CC(O)C2)ccc1F. The fourth-order valence-electron chi connectivity index (χ4n) is 1.78. The number of hydrogen-bond acceptors (Lipinski definition) is 3. The minimum Gasteiger partial charge on any atom is -0.389 e. The van der Waals surface area contributed by atoms with Gasteiger partial charge in [0.2, 0.25) is 0 Å². The maximum atomic E-state index is 13.4. The molecular formula is C12H14FNO2S. The van der Waals surface area contributed by atoms with Crippen LogP contribution >= 0.6 is 11.8 Å². The Balaban J connectivity index is 2.15. The van der Waals surface area contributed by atoms with Crippen molar-refractivity contribution in [1.29, 1.82) is 0 Å². The van der Waals surface area contributed by atoms with Gasteiger partial charge in [0.25, 0.3) is 5.91 Å². The minimum absolute atomic E-state index is 0.141. The highest BCUT2D eigenvalue weighted by Gasteiger charge is 2.29. The van der Waals surface area contributed by atoms with Crippen LogP contribution in [-0.2, 0) is 5.75 Å². The number of rotatable bonds is 3.